The van der Waals surface area contributed by atoms with Crippen molar-refractivity contribution in [3.63, 3.8) is 0 Å². The van der Waals surface area contributed by atoms with E-state index in [4.69, 9.17) is 4.84 Å². The van der Waals surface area contributed by atoms with E-state index in [1.807, 2.05) is 0 Å². The highest BCUT2D eigenvalue weighted by Gasteiger charge is 2.32. The molecule has 0 saturated carbocycles. The molecule has 0 aromatic heterocycles. The minimum Gasteiger partial charge on any atom is -0.370 e. The van der Waals surface area contributed by atoms with Gasteiger partial charge in [0.15, 0.2) is 6.23 Å². The van der Waals surface area contributed by atoms with Gasteiger partial charge in [-0.25, -0.2) is 4.79 Å². The van der Waals surface area contributed by atoms with Crippen molar-refractivity contribution < 1.29 is 29.1 Å². The van der Waals surface area contributed by atoms with Gasteiger partial charge in [-0.15, -0.1) is 5.06 Å². The molecule has 2 rings (SSSR count). The fourth-order valence-electron chi connectivity index (χ4n) is 2.10. The van der Waals surface area contributed by atoms with Gasteiger partial charge in [0, 0.05) is 38.0 Å². The van der Waals surface area contributed by atoms with Gasteiger partial charge < -0.3 is 9.94 Å². The smallest absolute Gasteiger partial charge is 0.332 e. The van der Waals surface area contributed by atoms with Crippen molar-refractivity contribution in [2.24, 2.45) is 0 Å². The minimum absolute atomic E-state index is 0.0418. The molecule has 0 spiro atoms. The number of carbonyl (C=O) groups excluding carboxylic acids is 4. The highest BCUT2D eigenvalue weighted by Crippen LogP contribution is 2.17. The van der Waals surface area contributed by atoms with Gasteiger partial charge in [0.25, 0.3) is 17.7 Å². The summed E-state index contributed by atoms with van der Waals surface area (Å²) in [5, 5.41) is 10.1. The zero-order valence-corrected chi connectivity index (χ0v) is 11.4. The lowest BCUT2D eigenvalue weighted by molar-refractivity contribution is -0.220. The number of rotatable bonds is 6. The highest BCUT2D eigenvalue weighted by atomic mass is 16.7. The van der Waals surface area contributed by atoms with E-state index in [0.717, 1.165) is 4.90 Å². The molecule has 21 heavy (non-hydrogen) atoms. The van der Waals surface area contributed by atoms with Gasteiger partial charge in [0.05, 0.1) is 0 Å². The summed E-state index contributed by atoms with van der Waals surface area (Å²) in [4.78, 5) is 51.2. The number of carbonyl (C=O) groups is 4. The Balaban J connectivity index is 1.65. The molecule has 8 nitrogen and oxygen atoms in total. The Morgan fingerprint density at radius 2 is 1.90 bits per heavy atom. The van der Waals surface area contributed by atoms with Crippen molar-refractivity contribution in [1.82, 2.24) is 9.96 Å². The Morgan fingerprint density at radius 1 is 1.24 bits per heavy atom. The molecule has 2 aliphatic rings. The van der Waals surface area contributed by atoms with E-state index in [9.17, 15) is 24.3 Å². The standard InChI is InChI=1S/C13H16N2O6/c16-9-4-5-10(17)14(9)8-2-1-3-13(20)21-15-11(18)6-7-12(15)19/h4-5,11,18H,1-3,6-8H2. The van der Waals surface area contributed by atoms with Crippen LogP contribution in [0.4, 0.5) is 0 Å². The summed E-state index contributed by atoms with van der Waals surface area (Å²) in [5.41, 5.74) is 0. The second-order valence-electron chi connectivity index (χ2n) is 4.82. The van der Waals surface area contributed by atoms with Crippen molar-refractivity contribution in [1.29, 1.82) is 0 Å². The molecule has 114 valence electrons. The first-order valence-electron chi connectivity index (χ1n) is 6.73. The van der Waals surface area contributed by atoms with Crippen LogP contribution in [0.25, 0.3) is 0 Å². The van der Waals surface area contributed by atoms with Crippen LogP contribution < -0.4 is 0 Å². The van der Waals surface area contributed by atoms with E-state index >= 15 is 0 Å². The van der Waals surface area contributed by atoms with Crippen LogP contribution in [0, 0.1) is 0 Å². The third kappa shape index (κ3) is 3.66. The van der Waals surface area contributed by atoms with Crippen molar-refractivity contribution >= 4 is 23.7 Å². The number of nitrogens with zero attached hydrogens (tertiary/aromatic N) is 2. The quantitative estimate of drug-likeness (QED) is 0.522. The molecule has 2 heterocycles. The molecule has 3 amide bonds. The number of hydrogen-bond donors (Lipinski definition) is 1. The number of imide groups is 1. The van der Waals surface area contributed by atoms with Crippen LogP contribution in [0.15, 0.2) is 12.2 Å². The van der Waals surface area contributed by atoms with Crippen molar-refractivity contribution in [3.05, 3.63) is 12.2 Å². The largest absolute Gasteiger partial charge is 0.370 e. The lowest BCUT2D eigenvalue weighted by atomic mass is 10.2. The maximum atomic E-state index is 11.5. The summed E-state index contributed by atoms with van der Waals surface area (Å²) < 4.78 is 0. The molecule has 1 saturated heterocycles. The Morgan fingerprint density at radius 3 is 2.48 bits per heavy atom. The number of amides is 3. The molecule has 1 atom stereocenters. The molecule has 0 aliphatic carbocycles. The lowest BCUT2D eigenvalue weighted by Crippen LogP contribution is -2.35. The molecular formula is C13H16N2O6. The average molecular weight is 296 g/mol. The zero-order valence-electron chi connectivity index (χ0n) is 11.4. The van der Waals surface area contributed by atoms with Crippen LogP contribution in [0.3, 0.4) is 0 Å². The van der Waals surface area contributed by atoms with E-state index in [1.165, 1.54) is 12.2 Å². The SMILES string of the molecule is O=C(CCCCN1C(=O)C=CC1=O)ON1C(=O)CCC1O. The number of hydrogen-bond acceptors (Lipinski definition) is 6. The van der Waals surface area contributed by atoms with Crippen LogP contribution in [0.5, 0.6) is 0 Å². The second-order valence-corrected chi connectivity index (χ2v) is 4.82. The predicted octanol–water partition coefficient (Wildman–Crippen LogP) is -0.519. The van der Waals surface area contributed by atoms with Crippen LogP contribution >= 0.6 is 0 Å². The Labute approximate surface area is 120 Å². The second kappa shape index (κ2) is 6.49. The average Bonchev–Trinajstić information content (AvgIpc) is 2.92. The first-order chi connectivity index (χ1) is 9.99. The van der Waals surface area contributed by atoms with Gasteiger partial charge in [-0.05, 0) is 12.8 Å². The Bertz CT molecular complexity index is 483. The topological polar surface area (TPSA) is 104 Å². The fourth-order valence-corrected chi connectivity index (χ4v) is 2.10. The molecule has 0 aromatic rings. The van der Waals surface area contributed by atoms with Crippen LogP contribution in [0.2, 0.25) is 0 Å². The van der Waals surface area contributed by atoms with Gasteiger partial charge in [0.2, 0.25) is 0 Å². The molecule has 1 fully saturated rings. The molecular weight excluding hydrogens is 280 g/mol. The monoisotopic (exact) mass is 296 g/mol. The normalized spacial score (nSPS) is 21.6. The number of unbranched alkanes of at least 4 members (excludes halogenated alkanes) is 1. The van der Waals surface area contributed by atoms with Crippen LogP contribution in [0.1, 0.15) is 32.1 Å². The Kier molecular flexibility index (Phi) is 4.69. The summed E-state index contributed by atoms with van der Waals surface area (Å²) in [7, 11) is 0. The Hall–Kier alpha value is -2.22. The summed E-state index contributed by atoms with van der Waals surface area (Å²) in [5.74, 6) is -1.75. The van der Waals surface area contributed by atoms with Gasteiger partial charge in [0.1, 0.15) is 0 Å². The van der Waals surface area contributed by atoms with Gasteiger partial charge >= 0.3 is 5.97 Å². The first kappa shape index (κ1) is 15.2. The van der Waals surface area contributed by atoms with Crippen molar-refractivity contribution in [2.45, 2.75) is 38.3 Å². The summed E-state index contributed by atoms with van der Waals surface area (Å²) in [6.45, 7) is 0.239. The maximum absolute atomic E-state index is 11.5. The van der Waals surface area contributed by atoms with E-state index in [0.29, 0.717) is 17.9 Å². The lowest BCUT2D eigenvalue weighted by Gasteiger charge is -2.18. The van der Waals surface area contributed by atoms with E-state index in [2.05, 4.69) is 0 Å². The zero-order chi connectivity index (χ0) is 15.4. The molecule has 1 unspecified atom stereocenters. The fraction of sp³-hybridized carbons (Fsp3) is 0.538. The molecule has 0 radical (unpaired) electrons. The molecule has 2 aliphatic heterocycles. The summed E-state index contributed by atoms with van der Waals surface area (Å²) in [6, 6.07) is 0. The molecule has 0 bridgehead atoms. The molecule has 0 aromatic carbocycles. The molecule has 1 N–H and O–H groups in total. The van der Waals surface area contributed by atoms with E-state index < -0.39 is 18.1 Å². The van der Waals surface area contributed by atoms with Gasteiger partial charge in [-0.2, -0.15) is 0 Å². The molecule has 8 heteroatoms. The van der Waals surface area contributed by atoms with Gasteiger partial charge in [-0.3, -0.25) is 19.3 Å². The van der Waals surface area contributed by atoms with Crippen molar-refractivity contribution in [2.75, 3.05) is 6.54 Å². The van der Waals surface area contributed by atoms with E-state index in [1.54, 1.807) is 0 Å². The summed E-state index contributed by atoms with van der Waals surface area (Å²) in [6.07, 6.45) is 2.65. The summed E-state index contributed by atoms with van der Waals surface area (Å²) >= 11 is 0. The van der Waals surface area contributed by atoms with E-state index in [-0.39, 0.29) is 37.6 Å². The third-order valence-electron chi connectivity index (χ3n) is 3.25. The highest BCUT2D eigenvalue weighted by molar-refractivity contribution is 6.12. The van der Waals surface area contributed by atoms with Gasteiger partial charge in [-0.1, -0.05) is 0 Å². The predicted molar refractivity (Wildman–Crippen MR) is 67.9 cm³/mol. The first-order valence-corrected chi connectivity index (χ1v) is 6.73. The van der Waals surface area contributed by atoms with Crippen molar-refractivity contribution in [3.8, 4) is 0 Å². The number of hydroxylamine groups is 2. The third-order valence-corrected chi connectivity index (χ3v) is 3.25. The maximum Gasteiger partial charge on any atom is 0.332 e. The number of aliphatic hydroxyl groups excluding tert-OH is 1. The van der Waals surface area contributed by atoms with Crippen LogP contribution in [-0.4, -0.2) is 51.5 Å². The number of aliphatic hydroxyl groups is 1. The minimum atomic E-state index is -1.08. The van der Waals surface area contributed by atoms with Crippen LogP contribution in [-0.2, 0) is 24.0 Å².